The molecule has 1 aromatic heterocycles. The average Bonchev–Trinajstić information content (AvgIpc) is 3.11. The van der Waals surface area contributed by atoms with Gasteiger partial charge >= 0.3 is 0 Å². The van der Waals surface area contributed by atoms with Crippen LogP contribution in [0.3, 0.4) is 0 Å². The largest absolute Gasteiger partial charge is 0.467 e. The quantitative estimate of drug-likeness (QED) is 0.414. The molecule has 24 heavy (non-hydrogen) atoms. The molecule has 0 bridgehead atoms. The molecule has 2 rings (SSSR count). The first-order chi connectivity index (χ1) is 11.8. The van der Waals surface area contributed by atoms with Crippen LogP contribution in [0.1, 0.15) is 17.7 Å². The van der Waals surface area contributed by atoms with Gasteiger partial charge in [0.05, 0.1) is 6.26 Å². The topological polar surface area (TPSA) is 58.8 Å². The van der Waals surface area contributed by atoms with Crippen LogP contribution >= 0.6 is 11.6 Å². The summed E-state index contributed by atoms with van der Waals surface area (Å²) in [6.07, 6.45) is 3.47. The molecule has 2 aromatic rings. The van der Waals surface area contributed by atoms with Crippen molar-refractivity contribution in [3.05, 3.63) is 59.0 Å². The summed E-state index contributed by atoms with van der Waals surface area (Å²) in [7, 11) is 1.77. The molecule has 2 N–H and O–H groups in total. The second-order valence-electron chi connectivity index (χ2n) is 5.29. The predicted octanol–water partition coefficient (Wildman–Crippen LogP) is 3.25. The number of furan rings is 1. The third-order valence-electron chi connectivity index (χ3n) is 3.43. The summed E-state index contributed by atoms with van der Waals surface area (Å²) in [6.45, 7) is 2.81. The first kappa shape index (κ1) is 18.4. The normalized spacial score (nSPS) is 11.5. The van der Waals surface area contributed by atoms with Crippen molar-refractivity contribution < 1.29 is 9.15 Å². The van der Waals surface area contributed by atoms with E-state index in [2.05, 4.69) is 15.6 Å². The lowest BCUT2D eigenvalue weighted by Gasteiger charge is -2.12. The van der Waals surface area contributed by atoms with Crippen molar-refractivity contribution in [1.29, 1.82) is 0 Å². The van der Waals surface area contributed by atoms with Crippen molar-refractivity contribution in [3.63, 3.8) is 0 Å². The Kier molecular flexibility index (Phi) is 8.21. The minimum Gasteiger partial charge on any atom is -0.467 e. The van der Waals surface area contributed by atoms with Gasteiger partial charge in [0.2, 0.25) is 0 Å². The van der Waals surface area contributed by atoms with Crippen molar-refractivity contribution in [3.8, 4) is 0 Å². The highest BCUT2D eigenvalue weighted by Gasteiger charge is 1.99. The molecule has 0 spiro atoms. The summed E-state index contributed by atoms with van der Waals surface area (Å²) in [5.41, 5.74) is 1.24. The number of guanidine groups is 1. The van der Waals surface area contributed by atoms with E-state index in [0.29, 0.717) is 13.2 Å². The molecule has 0 aliphatic heterocycles. The lowest BCUT2D eigenvalue weighted by Crippen LogP contribution is -2.39. The van der Waals surface area contributed by atoms with E-state index in [1.165, 1.54) is 5.56 Å². The van der Waals surface area contributed by atoms with Crippen molar-refractivity contribution in [2.75, 3.05) is 26.7 Å². The summed E-state index contributed by atoms with van der Waals surface area (Å²) in [5, 5.41) is 7.33. The number of ether oxygens (including phenoxy) is 1. The van der Waals surface area contributed by atoms with Gasteiger partial charge in [-0.15, -0.1) is 0 Å². The average molecular weight is 350 g/mol. The van der Waals surface area contributed by atoms with Crippen molar-refractivity contribution in [1.82, 2.24) is 10.6 Å². The van der Waals surface area contributed by atoms with E-state index < -0.39 is 0 Å². The molecule has 130 valence electrons. The highest BCUT2D eigenvalue weighted by molar-refractivity contribution is 6.30. The van der Waals surface area contributed by atoms with Crippen molar-refractivity contribution in [2.24, 2.45) is 4.99 Å². The van der Waals surface area contributed by atoms with Gasteiger partial charge in [0.1, 0.15) is 12.4 Å². The van der Waals surface area contributed by atoms with Crippen LogP contribution in [0.15, 0.2) is 52.1 Å². The van der Waals surface area contributed by atoms with E-state index in [1.807, 2.05) is 36.4 Å². The SMILES string of the molecule is CN=C(NCCCOCc1ccco1)NCCc1ccc(Cl)cc1. The minimum atomic E-state index is 0.515. The van der Waals surface area contributed by atoms with Crippen LogP contribution in [-0.2, 0) is 17.8 Å². The van der Waals surface area contributed by atoms with Gasteiger partial charge in [-0.05, 0) is 42.7 Å². The van der Waals surface area contributed by atoms with Crippen LogP contribution in [0, 0.1) is 0 Å². The number of nitrogens with zero attached hydrogens (tertiary/aromatic N) is 1. The number of aliphatic imine (C=N–C) groups is 1. The fraction of sp³-hybridized carbons (Fsp3) is 0.389. The van der Waals surface area contributed by atoms with Crippen molar-refractivity contribution in [2.45, 2.75) is 19.4 Å². The fourth-order valence-corrected chi connectivity index (χ4v) is 2.27. The summed E-state index contributed by atoms with van der Waals surface area (Å²) >= 11 is 5.88. The van der Waals surface area contributed by atoms with E-state index in [-0.39, 0.29) is 0 Å². The maximum absolute atomic E-state index is 5.88. The third kappa shape index (κ3) is 7.06. The molecular formula is C18H24ClN3O2. The molecule has 0 aliphatic rings. The first-order valence-electron chi connectivity index (χ1n) is 8.07. The number of nitrogens with one attached hydrogen (secondary N) is 2. The Hall–Kier alpha value is -1.98. The second-order valence-corrected chi connectivity index (χ2v) is 5.72. The molecule has 0 atom stereocenters. The Bertz CT molecular complexity index is 597. The van der Waals surface area contributed by atoms with Crippen LogP contribution in [-0.4, -0.2) is 32.7 Å². The Labute approximate surface area is 148 Å². The summed E-state index contributed by atoms with van der Waals surface area (Å²) in [5.74, 6) is 1.65. The molecule has 0 saturated carbocycles. The number of hydrogen-bond donors (Lipinski definition) is 2. The maximum Gasteiger partial charge on any atom is 0.190 e. The summed E-state index contributed by atoms with van der Waals surface area (Å²) in [4.78, 5) is 4.21. The van der Waals surface area contributed by atoms with Gasteiger partial charge in [-0.3, -0.25) is 4.99 Å². The van der Waals surface area contributed by atoms with Gasteiger partial charge in [-0.25, -0.2) is 0 Å². The van der Waals surface area contributed by atoms with Gasteiger partial charge in [-0.1, -0.05) is 23.7 Å². The molecule has 0 amide bonds. The molecule has 1 aromatic carbocycles. The lowest BCUT2D eigenvalue weighted by atomic mass is 10.1. The Morgan fingerprint density at radius 2 is 1.96 bits per heavy atom. The van der Waals surface area contributed by atoms with Gasteiger partial charge in [0.25, 0.3) is 0 Å². The van der Waals surface area contributed by atoms with Crippen LogP contribution in [0.5, 0.6) is 0 Å². The highest BCUT2D eigenvalue weighted by Crippen LogP contribution is 2.09. The van der Waals surface area contributed by atoms with Crippen LogP contribution in [0.2, 0.25) is 5.02 Å². The molecule has 0 fully saturated rings. The Morgan fingerprint density at radius 1 is 1.17 bits per heavy atom. The van der Waals surface area contributed by atoms with Crippen LogP contribution in [0.25, 0.3) is 0 Å². The number of benzene rings is 1. The molecule has 0 aliphatic carbocycles. The van der Waals surface area contributed by atoms with Gasteiger partial charge in [0, 0.05) is 31.8 Å². The smallest absolute Gasteiger partial charge is 0.190 e. The molecular weight excluding hydrogens is 326 g/mol. The summed E-state index contributed by atoms with van der Waals surface area (Å²) in [6, 6.07) is 11.7. The summed E-state index contributed by atoms with van der Waals surface area (Å²) < 4.78 is 10.7. The van der Waals surface area contributed by atoms with Gasteiger partial charge in [0.15, 0.2) is 5.96 Å². The zero-order chi connectivity index (χ0) is 17.0. The van der Waals surface area contributed by atoms with Gasteiger partial charge in [-0.2, -0.15) is 0 Å². The van der Waals surface area contributed by atoms with Crippen LogP contribution < -0.4 is 10.6 Å². The Morgan fingerprint density at radius 3 is 2.67 bits per heavy atom. The van der Waals surface area contributed by atoms with E-state index in [4.69, 9.17) is 20.8 Å². The molecule has 0 saturated heterocycles. The molecule has 0 radical (unpaired) electrons. The molecule has 0 unspecified atom stereocenters. The van der Waals surface area contributed by atoms with Crippen LogP contribution in [0.4, 0.5) is 0 Å². The van der Waals surface area contributed by atoms with E-state index in [0.717, 1.165) is 42.7 Å². The number of rotatable bonds is 9. The van der Waals surface area contributed by atoms with E-state index >= 15 is 0 Å². The number of halogens is 1. The molecule has 5 nitrogen and oxygen atoms in total. The fourth-order valence-electron chi connectivity index (χ4n) is 2.15. The second kappa shape index (κ2) is 10.7. The zero-order valence-corrected chi connectivity index (χ0v) is 14.7. The minimum absolute atomic E-state index is 0.515. The zero-order valence-electron chi connectivity index (χ0n) is 13.9. The molecule has 1 heterocycles. The molecule has 6 heteroatoms. The van der Waals surface area contributed by atoms with Crippen molar-refractivity contribution >= 4 is 17.6 Å². The first-order valence-corrected chi connectivity index (χ1v) is 8.45. The monoisotopic (exact) mass is 349 g/mol. The maximum atomic E-state index is 5.88. The third-order valence-corrected chi connectivity index (χ3v) is 3.68. The van der Waals surface area contributed by atoms with E-state index in [1.54, 1.807) is 13.3 Å². The van der Waals surface area contributed by atoms with E-state index in [9.17, 15) is 0 Å². The highest BCUT2D eigenvalue weighted by atomic mass is 35.5. The lowest BCUT2D eigenvalue weighted by molar-refractivity contribution is 0.105. The Balaban J connectivity index is 1.53. The van der Waals surface area contributed by atoms with Gasteiger partial charge < -0.3 is 19.8 Å². The predicted molar refractivity (Wildman–Crippen MR) is 97.5 cm³/mol. The number of hydrogen-bond acceptors (Lipinski definition) is 3. The standard InChI is InChI=1S/C18H24ClN3O2/c1-20-18(22-11-9-15-5-7-16(19)8-6-15)21-10-3-12-23-14-17-4-2-13-24-17/h2,4-8,13H,3,9-12,14H2,1H3,(H2,20,21,22).